The number of carbonyl (C=O) groups is 2. The summed E-state index contributed by atoms with van der Waals surface area (Å²) in [6, 6.07) is 0. The monoisotopic (exact) mass is 260 g/mol. The van der Waals surface area contributed by atoms with E-state index in [1.54, 1.807) is 6.20 Å². The number of allylic oxidation sites excluding steroid dienone is 1. The first kappa shape index (κ1) is 17.2. The van der Waals surface area contributed by atoms with Crippen molar-refractivity contribution in [1.29, 1.82) is 0 Å². The van der Waals surface area contributed by atoms with E-state index >= 15 is 0 Å². The standard InChI is InChI=1S/C12H18N2O3.Na/c1-9-5-7-14(2)8-10(9)12(17)13-6-3-4-11(15)16;/h5,7-9H,3-4,6H2,1-2H3,(H,13,17)(H,15,16);/q;+1/p-1. The minimum absolute atomic E-state index is 0. The fourth-order valence-corrected chi connectivity index (χ4v) is 1.55. The molecular formula is C12H17N2NaO3. The van der Waals surface area contributed by atoms with Gasteiger partial charge in [0.2, 0.25) is 5.91 Å². The van der Waals surface area contributed by atoms with Crippen LogP contribution < -0.4 is 40.0 Å². The Kier molecular flexibility index (Phi) is 7.98. The zero-order chi connectivity index (χ0) is 12.8. The van der Waals surface area contributed by atoms with Gasteiger partial charge in [-0.05, 0) is 19.0 Å². The smallest absolute Gasteiger partial charge is 0.550 e. The predicted molar refractivity (Wildman–Crippen MR) is 61.4 cm³/mol. The predicted octanol–water partition coefficient (Wildman–Crippen LogP) is -3.38. The van der Waals surface area contributed by atoms with E-state index in [0.29, 0.717) is 18.5 Å². The van der Waals surface area contributed by atoms with Crippen molar-refractivity contribution in [2.24, 2.45) is 5.92 Å². The second kappa shape index (κ2) is 8.34. The zero-order valence-electron chi connectivity index (χ0n) is 11.1. The molecule has 0 aliphatic carbocycles. The van der Waals surface area contributed by atoms with Crippen molar-refractivity contribution in [1.82, 2.24) is 10.2 Å². The Morgan fingerprint density at radius 1 is 1.50 bits per heavy atom. The van der Waals surface area contributed by atoms with Crippen LogP contribution in [-0.4, -0.2) is 30.4 Å². The Morgan fingerprint density at radius 3 is 2.78 bits per heavy atom. The van der Waals surface area contributed by atoms with E-state index < -0.39 is 5.97 Å². The summed E-state index contributed by atoms with van der Waals surface area (Å²) >= 11 is 0. The summed E-state index contributed by atoms with van der Waals surface area (Å²) < 4.78 is 0. The van der Waals surface area contributed by atoms with Crippen LogP contribution in [0.1, 0.15) is 19.8 Å². The van der Waals surface area contributed by atoms with Gasteiger partial charge in [0.15, 0.2) is 0 Å². The number of nitrogens with one attached hydrogen (secondary N) is 1. The number of carboxylic acid groups (broad SMARTS) is 1. The summed E-state index contributed by atoms with van der Waals surface area (Å²) in [6.07, 6.45) is 5.97. The molecule has 94 valence electrons. The van der Waals surface area contributed by atoms with Crippen molar-refractivity contribution in [3.05, 3.63) is 24.0 Å². The minimum atomic E-state index is -1.09. The van der Waals surface area contributed by atoms with Crippen LogP contribution in [0.5, 0.6) is 0 Å². The summed E-state index contributed by atoms with van der Waals surface area (Å²) in [4.78, 5) is 23.8. The van der Waals surface area contributed by atoms with Gasteiger partial charge in [-0.1, -0.05) is 13.0 Å². The maximum absolute atomic E-state index is 11.8. The Morgan fingerprint density at radius 2 is 2.17 bits per heavy atom. The van der Waals surface area contributed by atoms with Crippen LogP contribution in [0, 0.1) is 5.92 Å². The molecule has 0 spiro atoms. The molecule has 0 aromatic heterocycles. The molecule has 0 aromatic carbocycles. The Labute approximate surface area is 129 Å². The van der Waals surface area contributed by atoms with E-state index in [1.807, 2.05) is 31.1 Å². The molecule has 1 unspecified atom stereocenters. The number of aliphatic carboxylic acids is 1. The summed E-state index contributed by atoms with van der Waals surface area (Å²) in [7, 11) is 1.85. The maximum atomic E-state index is 11.8. The normalized spacial score (nSPS) is 17.8. The first-order valence-corrected chi connectivity index (χ1v) is 5.60. The number of carboxylic acids is 1. The van der Waals surface area contributed by atoms with Crippen LogP contribution in [0.25, 0.3) is 0 Å². The number of nitrogens with zero attached hydrogens (tertiary/aromatic N) is 1. The van der Waals surface area contributed by atoms with Crippen molar-refractivity contribution in [3.8, 4) is 0 Å². The fraction of sp³-hybridized carbons (Fsp3) is 0.500. The van der Waals surface area contributed by atoms with Crippen molar-refractivity contribution in [3.63, 3.8) is 0 Å². The van der Waals surface area contributed by atoms with Gasteiger partial charge in [-0.15, -0.1) is 0 Å². The summed E-state index contributed by atoms with van der Waals surface area (Å²) in [5.41, 5.74) is 0.684. The van der Waals surface area contributed by atoms with E-state index in [-0.39, 0.29) is 47.8 Å². The molecular weight excluding hydrogens is 243 g/mol. The van der Waals surface area contributed by atoms with Gasteiger partial charge >= 0.3 is 29.6 Å². The largest absolute Gasteiger partial charge is 1.00 e. The SMILES string of the molecule is CC1C=CN(C)C=C1C(=O)NCCCC(=O)[O-].[Na+]. The van der Waals surface area contributed by atoms with Crippen molar-refractivity contribution in [2.45, 2.75) is 19.8 Å². The first-order valence-electron chi connectivity index (χ1n) is 5.60. The van der Waals surface area contributed by atoms with E-state index in [9.17, 15) is 14.7 Å². The Balaban J connectivity index is 0.00000289. The third-order valence-electron chi connectivity index (χ3n) is 2.55. The zero-order valence-corrected chi connectivity index (χ0v) is 13.1. The molecule has 1 atom stereocenters. The molecule has 1 aliphatic heterocycles. The number of rotatable bonds is 5. The average molecular weight is 260 g/mol. The Bertz CT molecular complexity index is 366. The van der Waals surface area contributed by atoms with Gasteiger partial charge in [0.1, 0.15) is 0 Å². The molecule has 6 heteroatoms. The molecule has 0 fully saturated rings. The molecule has 0 bridgehead atoms. The van der Waals surface area contributed by atoms with E-state index in [1.165, 1.54) is 0 Å². The molecule has 18 heavy (non-hydrogen) atoms. The first-order chi connectivity index (χ1) is 8.00. The van der Waals surface area contributed by atoms with Crippen LogP contribution >= 0.6 is 0 Å². The van der Waals surface area contributed by atoms with E-state index in [0.717, 1.165) is 0 Å². The molecule has 0 saturated carbocycles. The summed E-state index contributed by atoms with van der Waals surface area (Å²) in [6.45, 7) is 2.29. The van der Waals surface area contributed by atoms with Crippen LogP contribution in [0.3, 0.4) is 0 Å². The van der Waals surface area contributed by atoms with E-state index in [2.05, 4.69) is 5.32 Å². The second-order valence-corrected chi connectivity index (χ2v) is 4.11. The maximum Gasteiger partial charge on any atom is 1.00 e. The van der Waals surface area contributed by atoms with Gasteiger partial charge in [-0.2, -0.15) is 0 Å². The third kappa shape index (κ3) is 5.71. The minimum Gasteiger partial charge on any atom is -0.550 e. The number of amides is 1. The molecule has 5 nitrogen and oxygen atoms in total. The van der Waals surface area contributed by atoms with Gasteiger partial charge in [-0.3, -0.25) is 4.79 Å². The Hall–Kier alpha value is -0.780. The average Bonchev–Trinajstić information content (AvgIpc) is 2.27. The molecule has 0 radical (unpaired) electrons. The number of hydrogen-bond donors (Lipinski definition) is 1. The van der Waals surface area contributed by atoms with Crippen LogP contribution in [0.4, 0.5) is 0 Å². The van der Waals surface area contributed by atoms with Gasteiger partial charge in [-0.25, -0.2) is 0 Å². The topological polar surface area (TPSA) is 72.5 Å². The van der Waals surface area contributed by atoms with Gasteiger partial charge in [0.25, 0.3) is 0 Å². The molecule has 1 amide bonds. The van der Waals surface area contributed by atoms with Crippen LogP contribution in [-0.2, 0) is 9.59 Å². The second-order valence-electron chi connectivity index (χ2n) is 4.11. The molecule has 0 saturated heterocycles. The number of hydrogen-bond acceptors (Lipinski definition) is 4. The van der Waals surface area contributed by atoms with Gasteiger partial charge < -0.3 is 20.1 Å². The quantitative estimate of drug-likeness (QED) is 0.413. The van der Waals surface area contributed by atoms with Crippen LogP contribution in [0.2, 0.25) is 0 Å². The van der Waals surface area contributed by atoms with Gasteiger partial charge in [0, 0.05) is 37.3 Å². The van der Waals surface area contributed by atoms with Gasteiger partial charge in [0.05, 0.1) is 0 Å². The summed E-state index contributed by atoms with van der Waals surface area (Å²) in [5.74, 6) is -1.16. The molecule has 0 aromatic rings. The van der Waals surface area contributed by atoms with Crippen molar-refractivity contribution < 1.29 is 44.3 Å². The summed E-state index contributed by atoms with van der Waals surface area (Å²) in [5, 5.41) is 12.9. The molecule has 1 N–H and O–H groups in total. The third-order valence-corrected chi connectivity index (χ3v) is 2.55. The molecule has 1 aliphatic rings. The fourth-order valence-electron chi connectivity index (χ4n) is 1.55. The molecule has 1 heterocycles. The van der Waals surface area contributed by atoms with Crippen molar-refractivity contribution >= 4 is 11.9 Å². The van der Waals surface area contributed by atoms with Crippen LogP contribution in [0.15, 0.2) is 24.0 Å². The van der Waals surface area contributed by atoms with E-state index in [4.69, 9.17) is 0 Å². The number of carbonyl (C=O) groups excluding carboxylic acids is 2. The molecule has 1 rings (SSSR count). The van der Waals surface area contributed by atoms with Crippen molar-refractivity contribution in [2.75, 3.05) is 13.6 Å².